The van der Waals surface area contributed by atoms with Crippen LogP contribution in [0.1, 0.15) is 18.2 Å². The van der Waals surface area contributed by atoms with E-state index in [0.717, 1.165) is 0 Å². The highest BCUT2D eigenvalue weighted by atomic mass is 35.5. The third-order valence-corrected chi connectivity index (χ3v) is 2.16. The minimum Gasteiger partial charge on any atom is -0.258 e. The Kier molecular flexibility index (Phi) is 3.19. The number of hydrogen-bond donors (Lipinski definition) is 0. The summed E-state index contributed by atoms with van der Waals surface area (Å²) in [7, 11) is 0. The van der Waals surface area contributed by atoms with Crippen molar-refractivity contribution in [3.8, 4) is 0 Å². The maximum Gasteiger partial charge on any atom is 0.306 e. The summed E-state index contributed by atoms with van der Waals surface area (Å²) < 4.78 is 0. The fourth-order valence-electron chi connectivity index (χ4n) is 1.07. The lowest BCUT2D eigenvalue weighted by Gasteiger charge is -2.02. The molecule has 0 aromatic carbocycles. The van der Waals surface area contributed by atoms with E-state index in [9.17, 15) is 10.1 Å². The van der Waals surface area contributed by atoms with E-state index in [0.29, 0.717) is 11.3 Å². The van der Waals surface area contributed by atoms with Crippen molar-refractivity contribution in [3.63, 3.8) is 0 Å². The van der Waals surface area contributed by atoms with Crippen LogP contribution >= 0.6 is 11.6 Å². The van der Waals surface area contributed by atoms with Crippen molar-refractivity contribution >= 4 is 23.4 Å². The van der Waals surface area contributed by atoms with Crippen LogP contribution in [0.4, 0.5) is 5.69 Å². The van der Waals surface area contributed by atoms with Gasteiger partial charge < -0.3 is 0 Å². The SMILES string of the molecule is C/C=C\c1c(C)ncc([N+](=O)[O-])c1Cl. The molecule has 0 radical (unpaired) electrons. The molecule has 0 fully saturated rings. The monoisotopic (exact) mass is 212 g/mol. The van der Waals surface area contributed by atoms with E-state index < -0.39 is 4.92 Å². The van der Waals surface area contributed by atoms with Crippen LogP contribution in [-0.2, 0) is 0 Å². The molecule has 0 bridgehead atoms. The first kappa shape index (κ1) is 10.7. The number of rotatable bonds is 2. The fraction of sp³-hybridized carbons (Fsp3) is 0.222. The van der Waals surface area contributed by atoms with E-state index >= 15 is 0 Å². The molecule has 1 rings (SSSR count). The maximum atomic E-state index is 10.5. The van der Waals surface area contributed by atoms with Gasteiger partial charge in [-0.15, -0.1) is 0 Å². The van der Waals surface area contributed by atoms with Gasteiger partial charge in [0.15, 0.2) is 0 Å². The van der Waals surface area contributed by atoms with Crippen molar-refractivity contribution in [2.75, 3.05) is 0 Å². The van der Waals surface area contributed by atoms with E-state index in [2.05, 4.69) is 4.98 Å². The third-order valence-electron chi connectivity index (χ3n) is 1.76. The van der Waals surface area contributed by atoms with Crippen LogP contribution in [0.2, 0.25) is 5.02 Å². The van der Waals surface area contributed by atoms with Gasteiger partial charge in [0, 0.05) is 11.3 Å². The second-order valence-electron chi connectivity index (χ2n) is 2.71. The Bertz CT molecular complexity index is 402. The van der Waals surface area contributed by atoms with Gasteiger partial charge in [-0.3, -0.25) is 15.1 Å². The molecular weight excluding hydrogens is 204 g/mol. The van der Waals surface area contributed by atoms with Crippen LogP contribution in [0.25, 0.3) is 6.08 Å². The van der Waals surface area contributed by atoms with Crippen molar-refractivity contribution in [1.29, 1.82) is 0 Å². The van der Waals surface area contributed by atoms with Crippen LogP contribution in [0, 0.1) is 17.0 Å². The quantitative estimate of drug-likeness (QED) is 0.559. The van der Waals surface area contributed by atoms with Gasteiger partial charge in [0.05, 0.1) is 4.92 Å². The molecule has 0 aliphatic heterocycles. The summed E-state index contributed by atoms with van der Waals surface area (Å²) in [5, 5.41) is 10.7. The molecule has 0 amide bonds. The van der Waals surface area contributed by atoms with Gasteiger partial charge in [0.1, 0.15) is 11.2 Å². The first-order chi connectivity index (χ1) is 6.57. The molecule has 0 spiro atoms. The Hall–Kier alpha value is -1.42. The zero-order valence-corrected chi connectivity index (χ0v) is 8.58. The van der Waals surface area contributed by atoms with E-state index in [4.69, 9.17) is 11.6 Å². The Morgan fingerprint density at radius 2 is 2.29 bits per heavy atom. The predicted molar refractivity (Wildman–Crippen MR) is 55.3 cm³/mol. The highest BCUT2D eigenvalue weighted by Crippen LogP contribution is 2.29. The molecular formula is C9H9ClN2O2. The first-order valence-corrected chi connectivity index (χ1v) is 4.38. The summed E-state index contributed by atoms with van der Waals surface area (Å²) in [6.07, 6.45) is 4.64. The Labute approximate surface area is 86.4 Å². The lowest BCUT2D eigenvalue weighted by atomic mass is 10.2. The van der Waals surface area contributed by atoms with Gasteiger partial charge in [-0.25, -0.2) is 0 Å². The molecule has 0 saturated heterocycles. The van der Waals surface area contributed by atoms with Crippen molar-refractivity contribution in [3.05, 3.63) is 38.7 Å². The molecule has 1 heterocycles. The zero-order chi connectivity index (χ0) is 10.7. The highest BCUT2D eigenvalue weighted by molar-refractivity contribution is 6.34. The van der Waals surface area contributed by atoms with Gasteiger partial charge in [-0.1, -0.05) is 23.8 Å². The number of nitro groups is 1. The lowest BCUT2D eigenvalue weighted by Crippen LogP contribution is -1.95. The fourth-order valence-corrected chi connectivity index (χ4v) is 1.39. The summed E-state index contributed by atoms with van der Waals surface area (Å²) in [5.41, 5.74) is 1.12. The van der Waals surface area contributed by atoms with Gasteiger partial charge in [0.2, 0.25) is 0 Å². The Morgan fingerprint density at radius 3 is 2.79 bits per heavy atom. The number of allylic oxidation sites excluding steroid dienone is 1. The molecule has 0 atom stereocenters. The van der Waals surface area contributed by atoms with Crippen molar-refractivity contribution in [2.45, 2.75) is 13.8 Å². The van der Waals surface area contributed by atoms with E-state index in [1.165, 1.54) is 6.20 Å². The van der Waals surface area contributed by atoms with E-state index in [-0.39, 0.29) is 10.7 Å². The molecule has 4 nitrogen and oxygen atoms in total. The van der Waals surface area contributed by atoms with Crippen molar-refractivity contribution < 1.29 is 4.92 Å². The highest BCUT2D eigenvalue weighted by Gasteiger charge is 2.16. The van der Waals surface area contributed by atoms with Crippen LogP contribution in [0.3, 0.4) is 0 Å². The minimum atomic E-state index is -0.540. The average Bonchev–Trinajstić information content (AvgIpc) is 2.11. The lowest BCUT2D eigenvalue weighted by molar-refractivity contribution is -0.385. The molecule has 14 heavy (non-hydrogen) atoms. The topological polar surface area (TPSA) is 56.0 Å². The van der Waals surface area contributed by atoms with Gasteiger partial charge in [-0.05, 0) is 13.8 Å². The molecule has 0 unspecified atom stereocenters. The van der Waals surface area contributed by atoms with Crippen molar-refractivity contribution in [1.82, 2.24) is 4.98 Å². The summed E-state index contributed by atoms with van der Waals surface area (Å²) in [6.45, 7) is 3.57. The number of aryl methyl sites for hydroxylation is 1. The Balaban J connectivity index is 3.40. The summed E-state index contributed by atoms with van der Waals surface area (Å²) in [6, 6.07) is 0. The number of pyridine rings is 1. The van der Waals surface area contributed by atoms with Crippen LogP contribution in [0.15, 0.2) is 12.3 Å². The Morgan fingerprint density at radius 1 is 1.64 bits per heavy atom. The number of hydrogen-bond acceptors (Lipinski definition) is 3. The molecule has 0 N–H and O–H groups in total. The summed E-state index contributed by atoms with van der Waals surface area (Å²) >= 11 is 5.85. The second kappa shape index (κ2) is 4.19. The van der Waals surface area contributed by atoms with Gasteiger partial charge in [-0.2, -0.15) is 0 Å². The largest absolute Gasteiger partial charge is 0.306 e. The molecule has 0 aliphatic rings. The number of nitrogens with zero attached hydrogens (tertiary/aromatic N) is 2. The summed E-state index contributed by atoms with van der Waals surface area (Å²) in [5.74, 6) is 0. The molecule has 5 heteroatoms. The summed E-state index contributed by atoms with van der Waals surface area (Å²) in [4.78, 5) is 13.9. The molecule has 1 aromatic rings. The average molecular weight is 213 g/mol. The predicted octanol–water partition coefficient (Wildman–Crippen LogP) is 2.98. The molecule has 74 valence electrons. The van der Waals surface area contributed by atoms with E-state index in [1.807, 2.05) is 6.92 Å². The van der Waals surface area contributed by atoms with E-state index in [1.54, 1.807) is 19.1 Å². The number of halogens is 1. The molecule has 0 aliphatic carbocycles. The van der Waals surface area contributed by atoms with Gasteiger partial charge >= 0.3 is 5.69 Å². The zero-order valence-electron chi connectivity index (χ0n) is 7.82. The standard InChI is InChI=1S/C9H9ClN2O2/c1-3-4-7-6(2)11-5-8(9(7)10)12(13)14/h3-5H,1-2H3/b4-3-. The molecule has 1 aromatic heterocycles. The van der Waals surface area contributed by atoms with Gasteiger partial charge in [0.25, 0.3) is 0 Å². The molecule has 0 saturated carbocycles. The maximum absolute atomic E-state index is 10.5. The van der Waals surface area contributed by atoms with Crippen molar-refractivity contribution in [2.24, 2.45) is 0 Å². The normalized spacial score (nSPS) is 10.8. The first-order valence-electron chi connectivity index (χ1n) is 4.00. The number of aromatic nitrogens is 1. The smallest absolute Gasteiger partial charge is 0.258 e. The second-order valence-corrected chi connectivity index (χ2v) is 3.09. The minimum absolute atomic E-state index is 0.139. The van der Waals surface area contributed by atoms with Crippen LogP contribution in [0.5, 0.6) is 0 Å². The van der Waals surface area contributed by atoms with Crippen LogP contribution < -0.4 is 0 Å². The third kappa shape index (κ3) is 1.90. The van der Waals surface area contributed by atoms with Crippen LogP contribution in [-0.4, -0.2) is 9.91 Å².